The van der Waals surface area contributed by atoms with Crippen molar-refractivity contribution in [2.45, 2.75) is 19.9 Å². The lowest BCUT2D eigenvalue weighted by atomic mass is 10.1. The molecule has 1 atom stereocenters. The Morgan fingerprint density at radius 3 is 2.37 bits per heavy atom. The second-order valence-corrected chi connectivity index (χ2v) is 7.13. The molecule has 0 amide bonds. The fourth-order valence-corrected chi connectivity index (χ4v) is 3.46. The molecule has 4 N–H and O–H groups in total. The zero-order valence-electron chi connectivity index (χ0n) is 17.2. The van der Waals surface area contributed by atoms with Gasteiger partial charge in [-0.2, -0.15) is 0 Å². The molecule has 1 aromatic carbocycles. The number of ether oxygens (including phenoxy) is 1. The molecule has 0 bridgehead atoms. The van der Waals surface area contributed by atoms with Gasteiger partial charge in [0.15, 0.2) is 0 Å². The molecule has 2 aromatic rings. The van der Waals surface area contributed by atoms with Crippen LogP contribution in [0.5, 0.6) is 5.88 Å². The monoisotopic (exact) mass is 420 g/mol. The van der Waals surface area contributed by atoms with E-state index < -0.39 is 11.6 Å². The van der Waals surface area contributed by atoms with Gasteiger partial charge in [0.2, 0.25) is 11.8 Å². The first-order valence-corrected chi connectivity index (χ1v) is 9.58. The number of nitrogens with zero attached hydrogens (tertiary/aromatic N) is 4. The number of methoxy groups -OCH3 is 1. The number of hydrogen-bond donors (Lipinski definition) is 3. The van der Waals surface area contributed by atoms with Gasteiger partial charge in [-0.15, -0.1) is 0 Å². The van der Waals surface area contributed by atoms with Crippen LogP contribution in [0.25, 0.3) is 0 Å². The summed E-state index contributed by atoms with van der Waals surface area (Å²) in [6.45, 7) is 5.65. The zero-order chi connectivity index (χ0) is 21.8. The third-order valence-corrected chi connectivity index (χ3v) is 5.00. The van der Waals surface area contributed by atoms with Crippen LogP contribution >= 0.6 is 0 Å². The minimum Gasteiger partial charge on any atom is -0.479 e. The first kappa shape index (κ1) is 21.7. The van der Waals surface area contributed by atoms with Crippen molar-refractivity contribution in [2.75, 3.05) is 38.2 Å². The summed E-state index contributed by atoms with van der Waals surface area (Å²) in [5, 5.41) is 9.67. The van der Waals surface area contributed by atoms with E-state index in [0.29, 0.717) is 43.4 Å². The molecule has 1 aromatic heterocycles. The number of aryl methyl sites for hydroxylation is 1. The Morgan fingerprint density at radius 2 is 1.83 bits per heavy atom. The molecule has 0 aliphatic carbocycles. The van der Waals surface area contributed by atoms with Gasteiger partial charge in [0.05, 0.1) is 7.11 Å². The minimum absolute atomic E-state index is 0.222. The average molecular weight is 420 g/mol. The maximum atomic E-state index is 13.5. The zero-order valence-corrected chi connectivity index (χ0v) is 17.2. The molecule has 8 nitrogen and oxygen atoms in total. The largest absolute Gasteiger partial charge is 0.479 e. The Bertz CT molecular complexity index is 910. The third kappa shape index (κ3) is 4.77. The van der Waals surface area contributed by atoms with Gasteiger partial charge in [0.25, 0.3) is 0 Å². The van der Waals surface area contributed by atoms with Gasteiger partial charge >= 0.3 is 0 Å². The number of halogens is 2. The molecule has 162 valence electrons. The van der Waals surface area contributed by atoms with Crippen LogP contribution in [0, 0.1) is 18.6 Å². The summed E-state index contributed by atoms with van der Waals surface area (Å²) in [7, 11) is 1.50. The molecule has 3 rings (SSSR count). The van der Waals surface area contributed by atoms with Crippen molar-refractivity contribution in [1.29, 1.82) is 0 Å². The van der Waals surface area contributed by atoms with Crippen LogP contribution in [0.2, 0.25) is 0 Å². The predicted molar refractivity (Wildman–Crippen MR) is 110 cm³/mol. The van der Waals surface area contributed by atoms with Crippen molar-refractivity contribution in [3.8, 4) is 5.88 Å². The molecular formula is C20H26F2N6O2. The van der Waals surface area contributed by atoms with E-state index in [1.165, 1.54) is 19.2 Å². The van der Waals surface area contributed by atoms with Crippen molar-refractivity contribution in [1.82, 2.24) is 15.4 Å². The Balaban J connectivity index is 1.80. The summed E-state index contributed by atoms with van der Waals surface area (Å²) in [6, 6.07) is 5.00. The van der Waals surface area contributed by atoms with Gasteiger partial charge in [-0.05, 0) is 37.6 Å². The van der Waals surface area contributed by atoms with Crippen LogP contribution in [-0.2, 0) is 0 Å². The quantitative estimate of drug-likeness (QED) is 0.397. The van der Waals surface area contributed by atoms with Crippen LogP contribution < -0.4 is 20.9 Å². The topological polar surface area (TPSA) is 99.2 Å². The molecule has 1 fully saturated rings. The van der Waals surface area contributed by atoms with Crippen molar-refractivity contribution >= 4 is 17.3 Å². The number of hydroxylamine groups is 1. The summed E-state index contributed by atoms with van der Waals surface area (Å²) in [5.74, 6) is -0.690. The number of benzene rings is 1. The lowest BCUT2D eigenvalue weighted by Gasteiger charge is -2.37. The summed E-state index contributed by atoms with van der Waals surface area (Å²) in [5.41, 5.74) is 10.6. The Labute approximate surface area is 173 Å². The fourth-order valence-electron chi connectivity index (χ4n) is 3.46. The smallest absolute Gasteiger partial charge is 0.240 e. The van der Waals surface area contributed by atoms with Gasteiger partial charge in [-0.25, -0.2) is 24.2 Å². The van der Waals surface area contributed by atoms with Crippen LogP contribution in [0.4, 0.5) is 20.2 Å². The van der Waals surface area contributed by atoms with Gasteiger partial charge in [0.1, 0.15) is 17.3 Å². The Kier molecular flexibility index (Phi) is 6.68. The van der Waals surface area contributed by atoms with Crippen LogP contribution in [0.15, 0.2) is 29.3 Å². The highest BCUT2D eigenvalue weighted by molar-refractivity contribution is 5.83. The highest BCUT2D eigenvalue weighted by Crippen LogP contribution is 2.30. The number of rotatable bonds is 4. The number of piperazine rings is 1. The van der Waals surface area contributed by atoms with E-state index in [4.69, 9.17) is 10.5 Å². The van der Waals surface area contributed by atoms with Gasteiger partial charge in [0, 0.05) is 49.7 Å². The number of aliphatic imine (C=N–C) groups is 1. The van der Waals surface area contributed by atoms with E-state index in [0.717, 1.165) is 17.3 Å². The van der Waals surface area contributed by atoms with Crippen LogP contribution in [0.3, 0.4) is 0 Å². The maximum Gasteiger partial charge on any atom is 0.240 e. The van der Waals surface area contributed by atoms with E-state index in [2.05, 4.69) is 15.5 Å². The molecule has 1 unspecified atom stereocenters. The van der Waals surface area contributed by atoms with Crippen LogP contribution in [0.1, 0.15) is 24.2 Å². The molecule has 0 spiro atoms. The van der Waals surface area contributed by atoms with Crippen molar-refractivity contribution < 1.29 is 18.7 Å². The number of nitrogens with one attached hydrogen (secondary N) is 1. The van der Waals surface area contributed by atoms with Gasteiger partial charge in [-0.3, -0.25) is 5.21 Å². The highest BCUT2D eigenvalue weighted by atomic mass is 19.1. The third-order valence-electron chi connectivity index (χ3n) is 5.00. The number of pyridine rings is 1. The van der Waals surface area contributed by atoms with E-state index in [1.807, 2.05) is 23.6 Å². The van der Waals surface area contributed by atoms with E-state index in [-0.39, 0.29) is 12.0 Å². The molecule has 1 aliphatic rings. The molecule has 30 heavy (non-hydrogen) atoms. The molecule has 1 saturated heterocycles. The second kappa shape index (κ2) is 9.23. The maximum absolute atomic E-state index is 13.5. The minimum atomic E-state index is -0.615. The van der Waals surface area contributed by atoms with Crippen molar-refractivity contribution in [2.24, 2.45) is 10.7 Å². The molecular weight excluding hydrogens is 394 g/mol. The van der Waals surface area contributed by atoms with Gasteiger partial charge < -0.3 is 20.3 Å². The summed E-state index contributed by atoms with van der Waals surface area (Å²) in [4.78, 5) is 12.6. The molecule has 10 heteroatoms. The van der Waals surface area contributed by atoms with Gasteiger partial charge in [-0.1, -0.05) is 0 Å². The number of nitrogens with two attached hydrogens (primary N) is 1. The lowest BCUT2D eigenvalue weighted by molar-refractivity contribution is 0.207. The van der Waals surface area contributed by atoms with Crippen molar-refractivity contribution in [3.05, 3.63) is 47.2 Å². The summed E-state index contributed by atoms with van der Waals surface area (Å²) < 4.78 is 32.3. The number of hydrogen-bond acceptors (Lipinski definition) is 6. The van der Waals surface area contributed by atoms with E-state index >= 15 is 0 Å². The average Bonchev–Trinajstić information content (AvgIpc) is 2.71. The van der Waals surface area contributed by atoms with Crippen LogP contribution in [-0.4, -0.2) is 54.3 Å². The first-order chi connectivity index (χ1) is 14.3. The molecule has 0 radical (unpaired) electrons. The SMILES string of the molecule is COc1nc(C)c(C(C)N)cc1N=C(NO)N1CCN(c2cc(F)cc(F)c2)CC1. The molecule has 1 aliphatic heterocycles. The van der Waals surface area contributed by atoms with Crippen molar-refractivity contribution in [3.63, 3.8) is 0 Å². The first-order valence-electron chi connectivity index (χ1n) is 9.58. The standard InChI is InChI=1S/C20H26F2N6O2/c1-12(23)17-11-18(19(30-3)24-13(17)2)25-20(26-29)28-6-4-27(5-7-28)16-9-14(21)8-15(22)10-16/h8-12,29H,4-7,23H2,1-3H3,(H,25,26). The Hall–Kier alpha value is -2.98. The summed E-state index contributed by atoms with van der Waals surface area (Å²) in [6.07, 6.45) is 0. The van der Waals surface area contributed by atoms with E-state index in [9.17, 15) is 14.0 Å². The number of guanidine groups is 1. The fraction of sp³-hybridized carbons (Fsp3) is 0.400. The predicted octanol–water partition coefficient (Wildman–Crippen LogP) is 2.49. The molecule has 0 saturated carbocycles. The van der Waals surface area contributed by atoms with E-state index in [1.54, 1.807) is 6.07 Å². The normalized spacial score (nSPS) is 15.9. The second-order valence-electron chi connectivity index (χ2n) is 7.13. The Morgan fingerprint density at radius 1 is 1.20 bits per heavy atom. The molecule has 2 heterocycles. The highest BCUT2D eigenvalue weighted by Gasteiger charge is 2.22. The number of anilines is 1. The lowest BCUT2D eigenvalue weighted by Crippen LogP contribution is -2.52. The summed E-state index contributed by atoms with van der Waals surface area (Å²) >= 11 is 0. The number of aromatic nitrogens is 1.